The first-order chi connectivity index (χ1) is 15.8. The summed E-state index contributed by atoms with van der Waals surface area (Å²) in [5.41, 5.74) is 5.02. The van der Waals surface area contributed by atoms with Crippen molar-refractivity contribution in [1.82, 2.24) is 14.8 Å². The van der Waals surface area contributed by atoms with E-state index in [1.54, 1.807) is 6.26 Å². The fourth-order valence-corrected chi connectivity index (χ4v) is 6.45. The van der Waals surface area contributed by atoms with Gasteiger partial charge in [-0.25, -0.2) is 4.79 Å². The molecule has 1 aromatic carbocycles. The van der Waals surface area contributed by atoms with Gasteiger partial charge in [-0.2, -0.15) is 0 Å². The Morgan fingerprint density at radius 3 is 2.75 bits per heavy atom. The number of furan rings is 1. The number of aryl methyl sites for hydroxylation is 1. The number of urea groups is 1. The molecule has 0 bridgehead atoms. The van der Waals surface area contributed by atoms with Gasteiger partial charge in [0.25, 0.3) is 0 Å². The minimum Gasteiger partial charge on any atom is -0.467 e. The molecule has 32 heavy (non-hydrogen) atoms. The van der Waals surface area contributed by atoms with Crippen molar-refractivity contribution in [1.29, 1.82) is 0 Å². The largest absolute Gasteiger partial charge is 0.467 e. The van der Waals surface area contributed by atoms with Crippen LogP contribution < -0.4 is 5.32 Å². The Kier molecular flexibility index (Phi) is 4.87. The van der Waals surface area contributed by atoms with Crippen LogP contribution in [0.1, 0.15) is 51.9 Å². The van der Waals surface area contributed by atoms with E-state index in [1.165, 1.54) is 33.8 Å². The molecule has 0 saturated heterocycles. The molecule has 1 N–H and O–H groups in total. The van der Waals surface area contributed by atoms with Gasteiger partial charge >= 0.3 is 6.03 Å². The number of thiophene rings is 1. The number of nitrogens with zero attached hydrogens (tertiary/aromatic N) is 2. The second-order valence-electron chi connectivity index (χ2n) is 8.48. The van der Waals surface area contributed by atoms with Crippen LogP contribution in [0.2, 0.25) is 0 Å². The zero-order valence-corrected chi connectivity index (χ0v) is 18.6. The Labute approximate surface area is 191 Å². The van der Waals surface area contributed by atoms with Gasteiger partial charge in [0.15, 0.2) is 0 Å². The van der Waals surface area contributed by atoms with Crippen molar-refractivity contribution in [2.45, 2.75) is 44.8 Å². The third-order valence-corrected chi connectivity index (χ3v) is 7.88. The van der Waals surface area contributed by atoms with E-state index in [9.17, 15) is 4.79 Å². The number of rotatable bonds is 3. The second-order valence-corrected chi connectivity index (χ2v) is 9.56. The number of benzene rings is 1. The van der Waals surface area contributed by atoms with Crippen molar-refractivity contribution in [3.63, 3.8) is 0 Å². The molecule has 0 radical (unpaired) electrons. The molecule has 4 aromatic rings. The molecule has 0 saturated carbocycles. The first kappa shape index (κ1) is 19.4. The lowest BCUT2D eigenvalue weighted by Crippen LogP contribution is -2.41. The first-order valence-corrected chi connectivity index (χ1v) is 12.0. The highest BCUT2D eigenvalue weighted by molar-refractivity contribution is 7.15. The lowest BCUT2D eigenvalue weighted by atomic mass is 9.95. The summed E-state index contributed by atoms with van der Waals surface area (Å²) >= 11 is 1.91. The molecule has 2 amide bonds. The Balaban J connectivity index is 1.46. The summed E-state index contributed by atoms with van der Waals surface area (Å²) in [4.78, 5) is 17.1. The number of fused-ring (bicyclic) bond motifs is 5. The maximum absolute atomic E-state index is 13.6. The van der Waals surface area contributed by atoms with E-state index in [2.05, 4.69) is 40.3 Å². The van der Waals surface area contributed by atoms with E-state index in [1.807, 2.05) is 46.6 Å². The van der Waals surface area contributed by atoms with Gasteiger partial charge in [0.2, 0.25) is 0 Å². The molecule has 0 unspecified atom stereocenters. The number of amides is 2. The minimum absolute atomic E-state index is 0.0772. The van der Waals surface area contributed by atoms with Crippen LogP contribution in [0.5, 0.6) is 0 Å². The molecule has 162 valence electrons. The van der Waals surface area contributed by atoms with Crippen molar-refractivity contribution in [2.24, 2.45) is 0 Å². The highest BCUT2D eigenvalue weighted by Gasteiger charge is 2.35. The van der Waals surface area contributed by atoms with Crippen LogP contribution in [-0.2, 0) is 25.9 Å². The zero-order valence-electron chi connectivity index (χ0n) is 17.8. The van der Waals surface area contributed by atoms with Crippen LogP contribution >= 0.6 is 11.3 Å². The van der Waals surface area contributed by atoms with Crippen molar-refractivity contribution in [3.8, 4) is 5.00 Å². The van der Waals surface area contributed by atoms with Crippen LogP contribution in [0.15, 0.2) is 71.5 Å². The maximum Gasteiger partial charge on any atom is 0.318 e. The molecule has 4 heterocycles. The highest BCUT2D eigenvalue weighted by Crippen LogP contribution is 2.43. The predicted molar refractivity (Wildman–Crippen MR) is 125 cm³/mol. The van der Waals surface area contributed by atoms with Crippen molar-refractivity contribution in [2.75, 3.05) is 0 Å². The Hall–Kier alpha value is -3.25. The van der Waals surface area contributed by atoms with Crippen LogP contribution in [0, 0.1) is 0 Å². The van der Waals surface area contributed by atoms with Gasteiger partial charge in [0.1, 0.15) is 10.8 Å². The zero-order chi connectivity index (χ0) is 21.5. The lowest BCUT2D eigenvalue weighted by molar-refractivity contribution is 0.179. The highest BCUT2D eigenvalue weighted by atomic mass is 32.1. The Bertz CT molecular complexity index is 1240. The molecule has 6 rings (SSSR count). The third-order valence-electron chi connectivity index (χ3n) is 6.55. The van der Waals surface area contributed by atoms with Gasteiger partial charge in [-0.05, 0) is 61.1 Å². The molecule has 1 aliphatic carbocycles. The number of hydrogen-bond acceptors (Lipinski definition) is 3. The molecule has 5 nitrogen and oxygen atoms in total. The van der Waals surface area contributed by atoms with E-state index < -0.39 is 0 Å². The second kappa shape index (κ2) is 8.02. The number of carbonyl (C=O) groups excluding carboxylic acids is 1. The van der Waals surface area contributed by atoms with Gasteiger partial charge in [-0.3, -0.25) is 0 Å². The van der Waals surface area contributed by atoms with Crippen LogP contribution in [0.3, 0.4) is 0 Å². The molecule has 2 aliphatic rings. The first-order valence-electron chi connectivity index (χ1n) is 11.2. The summed E-state index contributed by atoms with van der Waals surface area (Å²) < 4.78 is 7.75. The van der Waals surface area contributed by atoms with E-state index in [-0.39, 0.29) is 12.1 Å². The molecule has 1 aliphatic heterocycles. The fourth-order valence-electron chi connectivity index (χ4n) is 5.05. The average Bonchev–Trinajstić information content (AvgIpc) is 3.57. The van der Waals surface area contributed by atoms with Crippen molar-refractivity contribution in [3.05, 3.63) is 100 Å². The summed E-state index contributed by atoms with van der Waals surface area (Å²) in [7, 11) is 0. The normalized spacial score (nSPS) is 17.2. The van der Waals surface area contributed by atoms with E-state index in [0.717, 1.165) is 29.9 Å². The van der Waals surface area contributed by atoms with E-state index in [0.29, 0.717) is 13.1 Å². The molecule has 0 spiro atoms. The molecule has 3 aromatic heterocycles. The molecule has 1 atom stereocenters. The average molecular weight is 444 g/mol. The monoisotopic (exact) mass is 443 g/mol. The Morgan fingerprint density at radius 2 is 1.91 bits per heavy atom. The predicted octanol–water partition coefficient (Wildman–Crippen LogP) is 5.83. The quantitative estimate of drug-likeness (QED) is 0.433. The number of hydrogen-bond donors (Lipinski definition) is 1. The Morgan fingerprint density at radius 1 is 1.03 bits per heavy atom. The molecule has 6 heteroatoms. The number of carbonyl (C=O) groups is 1. The topological polar surface area (TPSA) is 50.4 Å². The van der Waals surface area contributed by atoms with Gasteiger partial charge in [-0.15, -0.1) is 11.3 Å². The SMILES string of the molecule is O=C(NCc1ccco1)N1Cc2c(sc3c2CCCC3)-n2cccc2[C@@H]1c1ccccc1. The number of aromatic nitrogens is 1. The standard InChI is InChI=1S/C26H25N3O2S/c30-26(27-16-19-10-7-15-31-19)29-17-21-20-11-4-5-13-23(20)32-25(21)28-14-6-12-22(28)24(29)18-8-2-1-3-9-18/h1-3,6-10,12,14-15,24H,4-5,11,13,16-17H2,(H,27,30)/t24-/m0/s1. The summed E-state index contributed by atoms with van der Waals surface area (Å²) in [6, 6.07) is 18.1. The smallest absolute Gasteiger partial charge is 0.318 e. The van der Waals surface area contributed by atoms with Gasteiger partial charge in [0.05, 0.1) is 31.1 Å². The third kappa shape index (κ3) is 3.26. The van der Waals surface area contributed by atoms with Gasteiger partial charge in [0, 0.05) is 16.6 Å². The molecular weight excluding hydrogens is 418 g/mol. The fraction of sp³-hybridized carbons (Fsp3) is 0.269. The van der Waals surface area contributed by atoms with E-state index >= 15 is 0 Å². The van der Waals surface area contributed by atoms with Gasteiger partial charge < -0.3 is 19.2 Å². The summed E-state index contributed by atoms with van der Waals surface area (Å²) in [6.45, 7) is 0.978. The van der Waals surface area contributed by atoms with Crippen LogP contribution in [-0.4, -0.2) is 15.5 Å². The molecular formula is C26H25N3O2S. The summed E-state index contributed by atoms with van der Waals surface area (Å²) in [5.74, 6) is 0.751. The molecule has 0 fully saturated rings. The van der Waals surface area contributed by atoms with Crippen LogP contribution in [0.25, 0.3) is 5.00 Å². The number of nitrogens with one attached hydrogen (secondary N) is 1. The minimum atomic E-state index is -0.165. The summed E-state index contributed by atoms with van der Waals surface area (Å²) in [5, 5.41) is 4.37. The maximum atomic E-state index is 13.6. The van der Waals surface area contributed by atoms with E-state index in [4.69, 9.17) is 4.42 Å². The van der Waals surface area contributed by atoms with Gasteiger partial charge in [-0.1, -0.05) is 30.3 Å². The van der Waals surface area contributed by atoms with Crippen molar-refractivity contribution >= 4 is 17.4 Å². The lowest BCUT2D eigenvalue weighted by Gasteiger charge is -2.31. The summed E-state index contributed by atoms with van der Waals surface area (Å²) in [6.07, 6.45) is 8.52. The van der Waals surface area contributed by atoms with Crippen molar-refractivity contribution < 1.29 is 9.21 Å². The van der Waals surface area contributed by atoms with Crippen LogP contribution in [0.4, 0.5) is 4.79 Å².